The highest BCUT2D eigenvalue weighted by Crippen LogP contribution is 2.27. The zero-order valence-corrected chi connectivity index (χ0v) is 12.4. The van der Waals surface area contributed by atoms with Crippen LogP contribution in [0.3, 0.4) is 0 Å². The molecule has 0 atom stereocenters. The second-order valence-electron chi connectivity index (χ2n) is 5.94. The molecular formula is C19H22O. The molecule has 0 aromatic heterocycles. The van der Waals surface area contributed by atoms with Gasteiger partial charge < -0.3 is 4.74 Å². The molecule has 0 saturated carbocycles. The Labute approximate surface area is 121 Å². The van der Waals surface area contributed by atoms with Gasteiger partial charge in [0.15, 0.2) is 0 Å². The molecule has 0 heterocycles. The van der Waals surface area contributed by atoms with Gasteiger partial charge in [0.1, 0.15) is 12.4 Å². The van der Waals surface area contributed by atoms with Crippen LogP contribution in [-0.2, 0) is 19.4 Å². The third kappa shape index (κ3) is 2.72. The van der Waals surface area contributed by atoms with Gasteiger partial charge in [-0.25, -0.2) is 0 Å². The van der Waals surface area contributed by atoms with E-state index in [1.54, 1.807) is 0 Å². The van der Waals surface area contributed by atoms with Crippen LogP contribution < -0.4 is 4.74 Å². The van der Waals surface area contributed by atoms with E-state index in [-0.39, 0.29) is 0 Å². The van der Waals surface area contributed by atoms with Crippen molar-refractivity contribution in [3.63, 3.8) is 0 Å². The fourth-order valence-corrected chi connectivity index (χ4v) is 2.96. The summed E-state index contributed by atoms with van der Waals surface area (Å²) in [6.07, 6.45) is 3.77. The van der Waals surface area contributed by atoms with Gasteiger partial charge in [0, 0.05) is 0 Å². The van der Waals surface area contributed by atoms with Crippen LogP contribution >= 0.6 is 0 Å². The maximum atomic E-state index is 6.04. The molecule has 104 valence electrons. The topological polar surface area (TPSA) is 9.23 Å². The number of hydrogen-bond acceptors (Lipinski definition) is 1. The summed E-state index contributed by atoms with van der Waals surface area (Å²) in [5.41, 5.74) is 5.61. The Balaban J connectivity index is 1.74. The predicted molar refractivity (Wildman–Crippen MR) is 83.3 cm³/mol. The molecule has 1 aliphatic carbocycles. The Morgan fingerprint density at radius 3 is 2.65 bits per heavy atom. The quantitative estimate of drug-likeness (QED) is 0.766. The zero-order chi connectivity index (χ0) is 13.9. The van der Waals surface area contributed by atoms with Gasteiger partial charge in [-0.3, -0.25) is 0 Å². The fourth-order valence-electron chi connectivity index (χ4n) is 2.96. The largest absolute Gasteiger partial charge is 0.489 e. The average molecular weight is 266 g/mol. The second kappa shape index (κ2) is 5.70. The van der Waals surface area contributed by atoms with Crippen LogP contribution in [-0.4, -0.2) is 0 Å². The maximum absolute atomic E-state index is 6.04. The summed E-state index contributed by atoms with van der Waals surface area (Å²) in [7, 11) is 0. The smallest absolute Gasteiger partial charge is 0.123 e. The van der Waals surface area contributed by atoms with E-state index < -0.39 is 0 Å². The van der Waals surface area contributed by atoms with Gasteiger partial charge in [-0.05, 0) is 53.5 Å². The molecule has 1 heteroatoms. The summed E-state index contributed by atoms with van der Waals surface area (Å²) in [4.78, 5) is 0. The number of hydrogen-bond donors (Lipinski definition) is 0. The minimum atomic E-state index is 0.492. The number of fused-ring (bicyclic) bond motifs is 1. The Bertz CT molecular complexity index is 598. The first-order chi connectivity index (χ1) is 9.74. The van der Waals surface area contributed by atoms with Gasteiger partial charge in [0.05, 0.1) is 0 Å². The van der Waals surface area contributed by atoms with Crippen molar-refractivity contribution in [1.29, 1.82) is 0 Å². The number of ether oxygens (including phenoxy) is 1. The van der Waals surface area contributed by atoms with E-state index in [0.717, 1.165) is 5.75 Å². The van der Waals surface area contributed by atoms with Crippen molar-refractivity contribution in [1.82, 2.24) is 0 Å². The summed E-state index contributed by atoms with van der Waals surface area (Å²) in [6, 6.07) is 15.2. The average Bonchev–Trinajstić information content (AvgIpc) is 2.92. The number of aryl methyl sites for hydroxylation is 2. The maximum Gasteiger partial charge on any atom is 0.123 e. The van der Waals surface area contributed by atoms with E-state index >= 15 is 0 Å². The summed E-state index contributed by atoms with van der Waals surface area (Å²) in [5, 5.41) is 0. The molecule has 0 N–H and O–H groups in total. The molecule has 0 unspecified atom stereocenters. The first kappa shape index (κ1) is 13.2. The van der Waals surface area contributed by atoms with Crippen LogP contribution in [0.5, 0.6) is 5.75 Å². The normalized spacial score (nSPS) is 13.6. The van der Waals surface area contributed by atoms with Crippen LogP contribution in [0.2, 0.25) is 0 Å². The highest BCUT2D eigenvalue weighted by atomic mass is 16.5. The van der Waals surface area contributed by atoms with Gasteiger partial charge in [-0.2, -0.15) is 0 Å². The van der Waals surface area contributed by atoms with E-state index in [1.165, 1.54) is 41.5 Å². The number of benzene rings is 2. The van der Waals surface area contributed by atoms with Crippen molar-refractivity contribution in [2.75, 3.05) is 0 Å². The van der Waals surface area contributed by atoms with Crippen molar-refractivity contribution >= 4 is 0 Å². The molecule has 0 saturated heterocycles. The summed E-state index contributed by atoms with van der Waals surface area (Å²) in [5.74, 6) is 1.51. The van der Waals surface area contributed by atoms with E-state index in [4.69, 9.17) is 4.74 Å². The van der Waals surface area contributed by atoms with Crippen LogP contribution in [0.1, 0.15) is 48.4 Å². The van der Waals surface area contributed by atoms with E-state index in [1.807, 2.05) is 6.07 Å². The van der Waals surface area contributed by atoms with Crippen LogP contribution in [0.4, 0.5) is 0 Å². The first-order valence-corrected chi connectivity index (χ1v) is 7.56. The van der Waals surface area contributed by atoms with Crippen molar-refractivity contribution in [2.24, 2.45) is 0 Å². The van der Waals surface area contributed by atoms with Gasteiger partial charge in [-0.15, -0.1) is 0 Å². The van der Waals surface area contributed by atoms with E-state index in [2.05, 4.69) is 50.2 Å². The van der Waals surface area contributed by atoms with Gasteiger partial charge in [0.2, 0.25) is 0 Å². The lowest BCUT2D eigenvalue weighted by atomic mass is 10.0. The van der Waals surface area contributed by atoms with Crippen molar-refractivity contribution in [2.45, 2.75) is 45.6 Å². The van der Waals surface area contributed by atoms with Crippen LogP contribution in [0.25, 0.3) is 0 Å². The molecule has 0 radical (unpaired) electrons. The lowest BCUT2D eigenvalue weighted by Crippen LogP contribution is -2.00. The minimum absolute atomic E-state index is 0.492. The van der Waals surface area contributed by atoms with Crippen molar-refractivity contribution < 1.29 is 4.74 Å². The predicted octanol–water partition coefficient (Wildman–Crippen LogP) is 4.88. The van der Waals surface area contributed by atoms with Crippen LogP contribution in [0, 0.1) is 0 Å². The second-order valence-corrected chi connectivity index (χ2v) is 5.94. The molecule has 20 heavy (non-hydrogen) atoms. The highest BCUT2D eigenvalue weighted by molar-refractivity contribution is 5.37. The number of para-hydroxylation sites is 1. The lowest BCUT2D eigenvalue weighted by molar-refractivity contribution is 0.301. The SMILES string of the molecule is CC(C)c1ccccc1OCc1ccc2c(c1)CCC2. The Morgan fingerprint density at radius 1 is 1.00 bits per heavy atom. The van der Waals surface area contributed by atoms with E-state index in [0.29, 0.717) is 12.5 Å². The molecule has 2 aromatic carbocycles. The fraction of sp³-hybridized carbons (Fsp3) is 0.368. The third-order valence-electron chi connectivity index (χ3n) is 4.10. The molecule has 1 nitrogen and oxygen atoms in total. The first-order valence-electron chi connectivity index (χ1n) is 7.56. The van der Waals surface area contributed by atoms with Gasteiger partial charge in [-0.1, -0.05) is 50.2 Å². The van der Waals surface area contributed by atoms with Gasteiger partial charge in [0.25, 0.3) is 0 Å². The van der Waals surface area contributed by atoms with Crippen molar-refractivity contribution in [3.05, 3.63) is 64.7 Å². The zero-order valence-electron chi connectivity index (χ0n) is 12.4. The van der Waals surface area contributed by atoms with Crippen molar-refractivity contribution in [3.8, 4) is 5.75 Å². The standard InChI is InChI=1S/C19H22O/c1-14(2)18-8-3-4-9-19(18)20-13-15-10-11-16-6-5-7-17(16)12-15/h3-4,8-12,14H,5-7,13H2,1-2H3. The molecule has 0 amide bonds. The molecule has 0 aliphatic heterocycles. The molecule has 0 bridgehead atoms. The van der Waals surface area contributed by atoms with Crippen LogP contribution in [0.15, 0.2) is 42.5 Å². The molecule has 1 aliphatic rings. The molecule has 2 aromatic rings. The monoisotopic (exact) mass is 266 g/mol. The Morgan fingerprint density at radius 2 is 1.80 bits per heavy atom. The third-order valence-corrected chi connectivity index (χ3v) is 4.10. The molecule has 0 fully saturated rings. The summed E-state index contributed by atoms with van der Waals surface area (Å²) < 4.78 is 6.04. The lowest BCUT2D eigenvalue weighted by Gasteiger charge is -2.14. The Kier molecular flexibility index (Phi) is 3.77. The highest BCUT2D eigenvalue weighted by Gasteiger charge is 2.11. The summed E-state index contributed by atoms with van der Waals surface area (Å²) in [6.45, 7) is 5.08. The number of rotatable bonds is 4. The van der Waals surface area contributed by atoms with E-state index in [9.17, 15) is 0 Å². The molecular weight excluding hydrogens is 244 g/mol. The molecule has 0 spiro atoms. The van der Waals surface area contributed by atoms with Gasteiger partial charge >= 0.3 is 0 Å². The molecule has 3 rings (SSSR count). The summed E-state index contributed by atoms with van der Waals surface area (Å²) >= 11 is 0. The minimum Gasteiger partial charge on any atom is -0.489 e. The Hall–Kier alpha value is -1.76.